The van der Waals surface area contributed by atoms with Crippen LogP contribution in [0.3, 0.4) is 0 Å². The first-order chi connectivity index (χ1) is 13.9. The molecule has 1 unspecified atom stereocenters. The predicted octanol–water partition coefficient (Wildman–Crippen LogP) is 7.02. The lowest BCUT2D eigenvalue weighted by Gasteiger charge is -2.61. The van der Waals surface area contributed by atoms with E-state index in [0.717, 1.165) is 25.8 Å². The summed E-state index contributed by atoms with van der Waals surface area (Å²) in [6.45, 7) is 26.9. The van der Waals surface area contributed by atoms with Gasteiger partial charge in [-0.1, -0.05) is 55.4 Å². The summed E-state index contributed by atoms with van der Waals surface area (Å²) in [4.78, 5) is 0. The third-order valence-electron chi connectivity index (χ3n) is 8.27. The summed E-state index contributed by atoms with van der Waals surface area (Å²) < 4.78 is 0. The molecule has 0 aromatic heterocycles. The Bertz CT molecular complexity index is 614. The number of hydrogen-bond donors (Lipinski definition) is 3. The van der Waals surface area contributed by atoms with Gasteiger partial charge in [-0.05, 0) is 118 Å². The SMILES string of the molecule is CC(C)(N)CC(C)(C)CC(CC(C)(C)CN)(CC1(C)CC(C)(C)C1)CC1(C)CC(C)(N)C1. The summed E-state index contributed by atoms with van der Waals surface area (Å²) in [5, 5.41) is 0. The molecule has 190 valence electrons. The van der Waals surface area contributed by atoms with Gasteiger partial charge < -0.3 is 17.2 Å². The van der Waals surface area contributed by atoms with Gasteiger partial charge in [0.05, 0.1) is 0 Å². The molecule has 0 heterocycles. The third-order valence-corrected chi connectivity index (χ3v) is 8.27. The summed E-state index contributed by atoms with van der Waals surface area (Å²) in [7, 11) is 0. The van der Waals surface area contributed by atoms with Crippen LogP contribution < -0.4 is 17.2 Å². The lowest BCUT2D eigenvalue weighted by atomic mass is 9.45. The molecule has 0 saturated heterocycles. The molecule has 0 radical (unpaired) electrons. The molecule has 0 aliphatic heterocycles. The highest BCUT2D eigenvalue weighted by Crippen LogP contribution is 2.65. The molecule has 2 saturated carbocycles. The largest absolute Gasteiger partial charge is 0.330 e. The van der Waals surface area contributed by atoms with Gasteiger partial charge in [-0.3, -0.25) is 0 Å². The Kier molecular flexibility index (Phi) is 7.23. The molecule has 1 atom stereocenters. The van der Waals surface area contributed by atoms with Gasteiger partial charge >= 0.3 is 0 Å². The van der Waals surface area contributed by atoms with E-state index in [-0.39, 0.29) is 27.3 Å². The maximum Gasteiger partial charge on any atom is 0.0136 e. The van der Waals surface area contributed by atoms with Crippen molar-refractivity contribution in [3.8, 4) is 0 Å². The Labute approximate surface area is 201 Å². The average molecular weight is 450 g/mol. The van der Waals surface area contributed by atoms with E-state index < -0.39 is 0 Å². The van der Waals surface area contributed by atoms with E-state index in [9.17, 15) is 0 Å². The van der Waals surface area contributed by atoms with Crippen LogP contribution >= 0.6 is 0 Å². The van der Waals surface area contributed by atoms with E-state index in [1.54, 1.807) is 0 Å². The molecule has 2 aliphatic rings. The van der Waals surface area contributed by atoms with Crippen LogP contribution in [-0.2, 0) is 0 Å². The molecule has 2 rings (SSSR count). The predicted molar refractivity (Wildman–Crippen MR) is 141 cm³/mol. The highest BCUT2D eigenvalue weighted by atomic mass is 14.8. The molecule has 2 fully saturated rings. The summed E-state index contributed by atoms with van der Waals surface area (Å²) in [5.74, 6) is 0. The lowest BCUT2D eigenvalue weighted by molar-refractivity contribution is -0.0933. The van der Waals surface area contributed by atoms with Gasteiger partial charge in [-0.15, -0.1) is 0 Å². The number of nitrogens with two attached hydrogens (primary N) is 3. The molecular weight excluding hydrogens is 390 g/mol. The van der Waals surface area contributed by atoms with Gasteiger partial charge in [-0.25, -0.2) is 0 Å². The van der Waals surface area contributed by atoms with E-state index >= 15 is 0 Å². The van der Waals surface area contributed by atoms with Crippen molar-refractivity contribution in [1.82, 2.24) is 0 Å². The van der Waals surface area contributed by atoms with Gasteiger partial charge in [0.25, 0.3) is 0 Å². The van der Waals surface area contributed by atoms with Gasteiger partial charge in [0.2, 0.25) is 0 Å². The molecule has 0 bridgehead atoms. The first-order valence-corrected chi connectivity index (χ1v) is 13.2. The molecule has 0 spiro atoms. The highest BCUT2D eigenvalue weighted by Gasteiger charge is 2.56. The van der Waals surface area contributed by atoms with Crippen molar-refractivity contribution in [2.45, 2.75) is 145 Å². The van der Waals surface area contributed by atoms with Gasteiger partial charge in [0.1, 0.15) is 0 Å². The first-order valence-electron chi connectivity index (χ1n) is 13.2. The van der Waals surface area contributed by atoms with Crippen LogP contribution in [0, 0.1) is 32.5 Å². The molecule has 6 N–H and O–H groups in total. The molecule has 0 amide bonds. The smallest absolute Gasteiger partial charge is 0.0136 e. The molecule has 0 aromatic rings. The fraction of sp³-hybridized carbons (Fsp3) is 1.00. The topological polar surface area (TPSA) is 78.1 Å². The van der Waals surface area contributed by atoms with E-state index in [1.807, 2.05) is 0 Å². The summed E-state index contributed by atoms with van der Waals surface area (Å²) >= 11 is 0. The number of rotatable bonds is 11. The van der Waals surface area contributed by atoms with Crippen LogP contribution in [0.25, 0.3) is 0 Å². The zero-order valence-corrected chi connectivity index (χ0v) is 23.8. The second-order valence-corrected chi connectivity index (χ2v) is 17.1. The minimum Gasteiger partial charge on any atom is -0.330 e. The summed E-state index contributed by atoms with van der Waals surface area (Å²) in [6.07, 6.45) is 11.0. The third kappa shape index (κ3) is 7.70. The van der Waals surface area contributed by atoms with Crippen molar-refractivity contribution < 1.29 is 0 Å². The standard InChI is InChI=1S/C29H59N3/c1-22(2,12-25(7,8)31)15-29(16-24(5,6)21-30,19-26(9)13-23(3,4)14-26)20-27(10)17-28(11,32)18-27/h12-21,30-32H2,1-11H3. The Morgan fingerprint density at radius 3 is 1.41 bits per heavy atom. The molecule has 3 heteroatoms. The van der Waals surface area contributed by atoms with Gasteiger partial charge in [0, 0.05) is 11.1 Å². The van der Waals surface area contributed by atoms with E-state index in [4.69, 9.17) is 17.2 Å². The molecular formula is C29H59N3. The average Bonchev–Trinajstić information content (AvgIpc) is 2.36. The maximum atomic E-state index is 6.56. The molecule has 3 nitrogen and oxygen atoms in total. The van der Waals surface area contributed by atoms with Crippen molar-refractivity contribution in [3.63, 3.8) is 0 Å². The van der Waals surface area contributed by atoms with Crippen molar-refractivity contribution in [3.05, 3.63) is 0 Å². The Morgan fingerprint density at radius 1 is 0.656 bits per heavy atom. The van der Waals surface area contributed by atoms with Crippen LogP contribution in [0.2, 0.25) is 0 Å². The minimum atomic E-state index is -0.156. The second-order valence-electron chi connectivity index (χ2n) is 17.1. The van der Waals surface area contributed by atoms with Crippen LogP contribution in [0.15, 0.2) is 0 Å². The minimum absolute atomic E-state index is 0.000997. The monoisotopic (exact) mass is 449 g/mol. The molecule has 0 aromatic carbocycles. The summed E-state index contributed by atoms with van der Waals surface area (Å²) in [5.41, 5.74) is 21.1. The van der Waals surface area contributed by atoms with E-state index in [1.165, 1.54) is 38.5 Å². The van der Waals surface area contributed by atoms with Crippen molar-refractivity contribution in [2.75, 3.05) is 6.54 Å². The van der Waals surface area contributed by atoms with E-state index in [0.29, 0.717) is 16.2 Å². The van der Waals surface area contributed by atoms with Crippen LogP contribution in [0.1, 0.15) is 134 Å². The van der Waals surface area contributed by atoms with Gasteiger partial charge in [0.15, 0.2) is 0 Å². The Balaban J connectivity index is 2.45. The maximum absolute atomic E-state index is 6.56. The Morgan fingerprint density at radius 2 is 1.06 bits per heavy atom. The van der Waals surface area contributed by atoms with Crippen molar-refractivity contribution in [1.29, 1.82) is 0 Å². The first kappa shape index (κ1) is 28.1. The zero-order valence-electron chi connectivity index (χ0n) is 23.8. The highest BCUT2D eigenvalue weighted by molar-refractivity contribution is 5.09. The lowest BCUT2D eigenvalue weighted by Crippen LogP contribution is -2.57. The quantitative estimate of drug-likeness (QED) is 0.317. The van der Waals surface area contributed by atoms with E-state index in [2.05, 4.69) is 76.2 Å². The molecule has 32 heavy (non-hydrogen) atoms. The fourth-order valence-electron chi connectivity index (χ4n) is 9.99. The second kappa shape index (κ2) is 8.23. The van der Waals surface area contributed by atoms with Crippen LogP contribution in [0.5, 0.6) is 0 Å². The zero-order chi connectivity index (χ0) is 25.1. The fourth-order valence-corrected chi connectivity index (χ4v) is 9.99. The van der Waals surface area contributed by atoms with Crippen molar-refractivity contribution in [2.24, 2.45) is 49.7 Å². The normalized spacial score (nSPS) is 32.1. The Hall–Kier alpha value is -0.120. The van der Waals surface area contributed by atoms with Crippen LogP contribution in [-0.4, -0.2) is 17.6 Å². The van der Waals surface area contributed by atoms with Gasteiger partial charge in [-0.2, -0.15) is 0 Å². The van der Waals surface area contributed by atoms with Crippen molar-refractivity contribution >= 4 is 0 Å². The molecule has 2 aliphatic carbocycles. The van der Waals surface area contributed by atoms with Crippen LogP contribution in [0.4, 0.5) is 0 Å². The number of hydrogen-bond acceptors (Lipinski definition) is 3. The summed E-state index contributed by atoms with van der Waals surface area (Å²) in [6, 6.07) is 0.